The monoisotopic (exact) mass is 666 g/mol. The summed E-state index contributed by atoms with van der Waals surface area (Å²) in [5.41, 5.74) is 2.22. The van der Waals surface area contributed by atoms with E-state index in [1.165, 1.54) is 0 Å². The summed E-state index contributed by atoms with van der Waals surface area (Å²) in [6.07, 6.45) is 0. The molecular weight excluding hydrogens is 624 g/mol. The van der Waals surface area contributed by atoms with Gasteiger partial charge in [-0.2, -0.15) is 0 Å². The van der Waals surface area contributed by atoms with Crippen molar-refractivity contribution in [2.24, 2.45) is 0 Å². The van der Waals surface area contributed by atoms with Gasteiger partial charge in [-0.05, 0) is 52.0 Å². The molecule has 0 heterocycles. The van der Waals surface area contributed by atoms with Crippen LogP contribution in [0, 0.1) is 0 Å². The largest absolute Gasteiger partial charge is 0.490 e. The maximum absolute atomic E-state index is 11.8. The van der Waals surface area contributed by atoms with Crippen LogP contribution < -0.4 is 18.9 Å². The zero-order chi connectivity index (χ0) is 35.6. The highest BCUT2D eigenvalue weighted by Gasteiger charge is 2.17. The van der Waals surface area contributed by atoms with E-state index in [4.69, 9.17) is 37.9 Å². The van der Waals surface area contributed by atoms with Gasteiger partial charge in [0.15, 0.2) is 0 Å². The Balaban J connectivity index is 2.34. The second kappa shape index (κ2) is 19.9. The smallest absolute Gasteiger partial charge is 0.333 e. The van der Waals surface area contributed by atoms with Crippen molar-refractivity contribution in [3.05, 3.63) is 85.0 Å². The first-order chi connectivity index (χ1) is 22.8. The Morgan fingerprint density at radius 1 is 0.438 bits per heavy atom. The van der Waals surface area contributed by atoms with Crippen LogP contribution >= 0.6 is 0 Å². The summed E-state index contributed by atoms with van der Waals surface area (Å²) in [6, 6.07) is 10.1. The molecule has 0 aliphatic carbocycles. The van der Waals surface area contributed by atoms with Gasteiger partial charge in [0.1, 0.15) is 75.9 Å². The van der Waals surface area contributed by atoms with E-state index >= 15 is 0 Å². The van der Waals surface area contributed by atoms with Gasteiger partial charge in [-0.1, -0.05) is 26.3 Å². The Morgan fingerprint density at radius 2 is 0.708 bits per heavy atom. The molecule has 0 aliphatic heterocycles. The summed E-state index contributed by atoms with van der Waals surface area (Å²) in [6.45, 7) is 20.5. The molecule has 0 atom stereocenters. The Morgan fingerprint density at radius 3 is 0.979 bits per heavy atom. The fourth-order valence-electron chi connectivity index (χ4n) is 3.52. The third kappa shape index (κ3) is 13.5. The number of carbonyl (C=O) groups is 4. The molecular formula is C36H42O12. The predicted octanol–water partition coefficient (Wildman–Crippen LogP) is 5.35. The maximum Gasteiger partial charge on any atom is 0.333 e. The molecule has 0 unspecified atom stereocenters. The minimum absolute atomic E-state index is 0.00227. The summed E-state index contributed by atoms with van der Waals surface area (Å²) in [5.74, 6) is -0.598. The van der Waals surface area contributed by atoms with Crippen LogP contribution in [0.1, 0.15) is 27.7 Å². The number of esters is 4. The van der Waals surface area contributed by atoms with Crippen molar-refractivity contribution in [1.82, 2.24) is 0 Å². The fourth-order valence-corrected chi connectivity index (χ4v) is 3.52. The molecule has 0 aromatic heterocycles. The Labute approximate surface area is 280 Å². The van der Waals surface area contributed by atoms with Gasteiger partial charge in [0.25, 0.3) is 0 Å². The Hall–Kier alpha value is -5.52. The molecule has 0 saturated heterocycles. The lowest BCUT2D eigenvalue weighted by Gasteiger charge is -2.18. The van der Waals surface area contributed by atoms with Crippen molar-refractivity contribution >= 4 is 23.9 Å². The molecule has 0 amide bonds. The lowest BCUT2D eigenvalue weighted by molar-refractivity contribution is -0.140. The van der Waals surface area contributed by atoms with Gasteiger partial charge in [0, 0.05) is 45.6 Å². The van der Waals surface area contributed by atoms with Gasteiger partial charge in [-0.15, -0.1) is 0 Å². The Bertz CT molecular complexity index is 1410. The average Bonchev–Trinajstić information content (AvgIpc) is 3.04. The summed E-state index contributed by atoms with van der Waals surface area (Å²) >= 11 is 0. The van der Waals surface area contributed by atoms with Gasteiger partial charge in [0.05, 0.1) is 0 Å². The molecule has 0 bridgehead atoms. The van der Waals surface area contributed by atoms with Crippen LogP contribution in [0.3, 0.4) is 0 Å². The molecule has 258 valence electrons. The highest BCUT2D eigenvalue weighted by atomic mass is 16.6. The molecule has 2 rings (SSSR count). The van der Waals surface area contributed by atoms with Gasteiger partial charge in [0.2, 0.25) is 0 Å². The molecule has 2 aromatic carbocycles. The van der Waals surface area contributed by atoms with Gasteiger partial charge >= 0.3 is 23.9 Å². The van der Waals surface area contributed by atoms with Crippen LogP contribution in [0.2, 0.25) is 0 Å². The first-order valence-electron chi connectivity index (χ1n) is 14.9. The molecule has 0 N–H and O–H groups in total. The third-order valence-electron chi connectivity index (χ3n) is 5.91. The molecule has 12 nitrogen and oxygen atoms in total. The van der Waals surface area contributed by atoms with E-state index in [0.717, 1.165) is 0 Å². The summed E-state index contributed by atoms with van der Waals surface area (Å²) in [7, 11) is 0. The van der Waals surface area contributed by atoms with Crippen LogP contribution in [-0.2, 0) is 38.1 Å². The minimum Gasteiger partial charge on any atom is -0.490 e. The highest BCUT2D eigenvalue weighted by Crippen LogP contribution is 2.40. The van der Waals surface area contributed by atoms with E-state index in [1.807, 2.05) is 0 Å². The maximum atomic E-state index is 11.8. The number of rotatable bonds is 21. The number of benzene rings is 2. The van der Waals surface area contributed by atoms with E-state index in [9.17, 15) is 19.2 Å². The zero-order valence-electron chi connectivity index (χ0n) is 27.8. The normalized spacial score (nSPS) is 10.2. The predicted molar refractivity (Wildman–Crippen MR) is 177 cm³/mol. The lowest BCUT2D eigenvalue weighted by Crippen LogP contribution is -2.14. The van der Waals surface area contributed by atoms with E-state index in [2.05, 4.69) is 26.3 Å². The topological polar surface area (TPSA) is 142 Å². The minimum atomic E-state index is -0.548. The second-order valence-electron chi connectivity index (χ2n) is 10.4. The van der Waals surface area contributed by atoms with Crippen molar-refractivity contribution in [3.8, 4) is 34.1 Å². The van der Waals surface area contributed by atoms with E-state index in [1.54, 1.807) is 64.1 Å². The van der Waals surface area contributed by atoms with Crippen molar-refractivity contribution in [2.75, 3.05) is 52.9 Å². The van der Waals surface area contributed by atoms with Gasteiger partial charge in [-0.3, -0.25) is 0 Å². The quantitative estimate of drug-likeness (QED) is 0.0734. The van der Waals surface area contributed by atoms with E-state index in [-0.39, 0.29) is 75.1 Å². The van der Waals surface area contributed by atoms with Crippen LogP contribution in [0.5, 0.6) is 23.0 Å². The van der Waals surface area contributed by atoms with Crippen LogP contribution in [0.25, 0.3) is 11.1 Å². The molecule has 0 aliphatic rings. The van der Waals surface area contributed by atoms with E-state index in [0.29, 0.717) is 34.1 Å². The standard InChI is InChI=1S/C36H42O12/c1-23(2)33(37)45-17-13-41-27-9-11-29(31(21-27)43-15-19-47-35(39)25(5)6)30-12-10-28(42-14-18-46-34(38)24(3)4)22-32(30)44-16-20-48-36(40)26(7)8/h9-12,21-22H,1,3,5,7,13-20H2,2,4,6,8H3. The first kappa shape index (κ1) is 38.7. The molecule has 12 heteroatoms. The molecule has 0 fully saturated rings. The van der Waals surface area contributed by atoms with Crippen molar-refractivity contribution in [1.29, 1.82) is 0 Å². The third-order valence-corrected chi connectivity index (χ3v) is 5.91. The Kier molecular flexibility index (Phi) is 16.0. The number of hydrogen-bond acceptors (Lipinski definition) is 12. The molecule has 0 radical (unpaired) electrons. The summed E-state index contributed by atoms with van der Waals surface area (Å²) in [4.78, 5) is 47.0. The van der Waals surface area contributed by atoms with Crippen molar-refractivity contribution < 1.29 is 57.1 Å². The summed E-state index contributed by atoms with van der Waals surface area (Å²) in [5, 5.41) is 0. The molecule has 0 saturated carbocycles. The highest BCUT2D eigenvalue weighted by molar-refractivity contribution is 5.88. The van der Waals surface area contributed by atoms with Gasteiger partial charge in [-0.25, -0.2) is 19.2 Å². The first-order valence-corrected chi connectivity index (χ1v) is 14.9. The molecule has 0 spiro atoms. The van der Waals surface area contributed by atoms with Crippen LogP contribution in [-0.4, -0.2) is 76.7 Å². The number of carbonyl (C=O) groups excluding carboxylic acids is 4. The summed E-state index contributed by atoms with van der Waals surface area (Å²) < 4.78 is 44.1. The lowest BCUT2D eigenvalue weighted by atomic mass is 10.0. The van der Waals surface area contributed by atoms with Crippen LogP contribution in [0.4, 0.5) is 0 Å². The van der Waals surface area contributed by atoms with Crippen molar-refractivity contribution in [2.45, 2.75) is 27.7 Å². The average molecular weight is 667 g/mol. The zero-order valence-corrected chi connectivity index (χ0v) is 27.8. The fraction of sp³-hybridized carbons (Fsp3) is 0.333. The van der Waals surface area contributed by atoms with Crippen molar-refractivity contribution in [3.63, 3.8) is 0 Å². The molecule has 2 aromatic rings. The molecule has 48 heavy (non-hydrogen) atoms. The van der Waals surface area contributed by atoms with Crippen LogP contribution in [0.15, 0.2) is 85.0 Å². The number of hydrogen-bond donors (Lipinski definition) is 0. The SMILES string of the molecule is C=C(C)C(=O)OCCOc1ccc(-c2ccc(OCCOC(=O)C(=C)C)cc2OCCOC(=O)C(=C)C)c(OCCOC(=O)C(=C)C)c1. The van der Waals surface area contributed by atoms with Gasteiger partial charge < -0.3 is 37.9 Å². The second-order valence-corrected chi connectivity index (χ2v) is 10.4. The number of ether oxygens (including phenoxy) is 8. The van der Waals surface area contributed by atoms with E-state index < -0.39 is 23.9 Å².